The van der Waals surface area contributed by atoms with Crippen LogP contribution in [-0.2, 0) is 4.79 Å². The molecule has 0 spiro atoms. The molecule has 2 rings (SSSR count). The first-order valence-electron chi connectivity index (χ1n) is 4.55. The lowest BCUT2D eigenvalue weighted by Crippen LogP contribution is -2.10. The van der Waals surface area contributed by atoms with Gasteiger partial charge in [-0.15, -0.1) is 0 Å². The lowest BCUT2D eigenvalue weighted by Gasteiger charge is -1.96. The Morgan fingerprint density at radius 2 is 2.12 bits per heavy atom. The van der Waals surface area contributed by atoms with Crippen LogP contribution in [0.1, 0.15) is 5.56 Å². The minimum atomic E-state index is -0.522. The summed E-state index contributed by atoms with van der Waals surface area (Å²) in [4.78, 5) is 32.2. The number of nitro groups is 1. The maximum atomic E-state index is 11.3. The molecule has 6 nitrogen and oxygen atoms in total. The van der Waals surface area contributed by atoms with Gasteiger partial charge in [0.15, 0.2) is 0 Å². The van der Waals surface area contributed by atoms with Gasteiger partial charge in [0.1, 0.15) is 0 Å². The number of hydrogen-bond donors (Lipinski definition) is 1. The predicted octanol–water partition coefficient (Wildman–Crippen LogP) is 1.92. The highest BCUT2D eigenvalue weighted by atomic mass is 32.2. The zero-order valence-corrected chi connectivity index (χ0v) is 9.19. The number of rotatable bonds is 2. The number of benzene rings is 1. The number of nitro benzene ring substituents is 1. The molecule has 0 saturated carbocycles. The Labute approximate surface area is 99.8 Å². The first-order chi connectivity index (χ1) is 8.06. The van der Waals surface area contributed by atoms with Crippen molar-refractivity contribution in [3.05, 3.63) is 45.6 Å². The molecular weight excluding hydrogens is 244 g/mol. The minimum absolute atomic E-state index is 0.0659. The van der Waals surface area contributed by atoms with E-state index in [1.165, 1.54) is 24.3 Å². The van der Waals surface area contributed by atoms with E-state index in [9.17, 15) is 19.7 Å². The molecule has 0 radical (unpaired) electrons. The van der Waals surface area contributed by atoms with Crippen molar-refractivity contribution in [3.8, 4) is 0 Å². The molecule has 86 valence electrons. The van der Waals surface area contributed by atoms with E-state index in [1.54, 1.807) is 6.07 Å². The van der Waals surface area contributed by atoms with E-state index in [0.717, 1.165) is 0 Å². The van der Waals surface area contributed by atoms with E-state index >= 15 is 0 Å². The van der Waals surface area contributed by atoms with Crippen molar-refractivity contribution in [2.75, 3.05) is 0 Å². The molecule has 7 heteroatoms. The SMILES string of the molecule is O=C1NC(=Cc2cccc([N+](=O)[O-])c2)C(=O)S1. The highest BCUT2D eigenvalue weighted by molar-refractivity contribution is 8.27. The van der Waals surface area contributed by atoms with Crippen LogP contribution < -0.4 is 5.32 Å². The number of hydrogen-bond acceptors (Lipinski definition) is 5. The average molecular weight is 250 g/mol. The summed E-state index contributed by atoms with van der Waals surface area (Å²) in [5.74, 6) is 0. The van der Waals surface area contributed by atoms with Gasteiger partial charge in [-0.2, -0.15) is 0 Å². The van der Waals surface area contributed by atoms with Gasteiger partial charge >= 0.3 is 0 Å². The standard InChI is InChI=1S/C10H6N2O4S/c13-9-8(11-10(14)17-9)5-6-2-1-3-7(4-6)12(15)16/h1-5H,(H,11,14). The first-order valence-corrected chi connectivity index (χ1v) is 5.37. The van der Waals surface area contributed by atoms with Gasteiger partial charge < -0.3 is 5.32 Å². The molecule has 1 aliphatic rings. The Kier molecular flexibility index (Phi) is 2.92. The smallest absolute Gasteiger partial charge is 0.291 e. The van der Waals surface area contributed by atoms with Crippen molar-refractivity contribution in [2.24, 2.45) is 0 Å². The Balaban J connectivity index is 2.33. The summed E-state index contributed by atoms with van der Waals surface area (Å²) in [5.41, 5.74) is 0.564. The molecule has 0 aliphatic carbocycles. The second-order valence-electron chi connectivity index (χ2n) is 3.21. The van der Waals surface area contributed by atoms with Gasteiger partial charge in [0.05, 0.1) is 10.6 Å². The van der Waals surface area contributed by atoms with Crippen molar-refractivity contribution in [2.45, 2.75) is 0 Å². The molecule has 17 heavy (non-hydrogen) atoms. The fourth-order valence-electron chi connectivity index (χ4n) is 1.32. The normalized spacial score (nSPS) is 17.3. The summed E-state index contributed by atoms with van der Waals surface area (Å²) in [6.07, 6.45) is 1.41. The molecule has 1 amide bonds. The van der Waals surface area contributed by atoms with Crippen molar-refractivity contribution >= 4 is 33.9 Å². The van der Waals surface area contributed by atoms with E-state index < -0.39 is 10.2 Å². The van der Waals surface area contributed by atoms with Gasteiger partial charge in [0.2, 0.25) is 5.12 Å². The van der Waals surface area contributed by atoms with E-state index in [2.05, 4.69) is 5.32 Å². The zero-order valence-electron chi connectivity index (χ0n) is 8.38. The first kappa shape index (κ1) is 11.3. The number of carbonyl (C=O) groups excluding carboxylic acids is 2. The summed E-state index contributed by atoms with van der Waals surface area (Å²) < 4.78 is 0. The molecule has 1 aromatic rings. The number of non-ortho nitro benzene ring substituents is 1. The van der Waals surface area contributed by atoms with Gasteiger partial charge in [-0.3, -0.25) is 19.7 Å². The second kappa shape index (κ2) is 4.38. The van der Waals surface area contributed by atoms with Crippen molar-refractivity contribution < 1.29 is 14.5 Å². The van der Waals surface area contributed by atoms with Crippen LogP contribution in [0.3, 0.4) is 0 Å². The van der Waals surface area contributed by atoms with Crippen LogP contribution in [-0.4, -0.2) is 15.3 Å². The molecule has 1 saturated heterocycles. The van der Waals surface area contributed by atoms with Gasteiger partial charge in [-0.25, -0.2) is 0 Å². The van der Waals surface area contributed by atoms with Crippen LogP contribution in [0, 0.1) is 10.1 Å². The molecule has 1 N–H and O–H groups in total. The molecular formula is C10H6N2O4S. The predicted molar refractivity (Wildman–Crippen MR) is 62.2 cm³/mol. The summed E-state index contributed by atoms with van der Waals surface area (Å²) in [6, 6.07) is 5.81. The second-order valence-corrected chi connectivity index (χ2v) is 4.16. The third-order valence-electron chi connectivity index (χ3n) is 2.03. The van der Waals surface area contributed by atoms with E-state index in [1.807, 2.05) is 0 Å². The van der Waals surface area contributed by atoms with Gasteiger partial charge in [-0.05, 0) is 11.6 Å². The van der Waals surface area contributed by atoms with E-state index in [-0.39, 0.29) is 16.5 Å². The topological polar surface area (TPSA) is 89.3 Å². The van der Waals surface area contributed by atoms with Gasteiger partial charge in [0, 0.05) is 23.9 Å². The maximum absolute atomic E-state index is 11.3. The van der Waals surface area contributed by atoms with Crippen LogP contribution in [0.2, 0.25) is 0 Å². The fourth-order valence-corrected chi connectivity index (χ4v) is 1.86. The number of carbonyl (C=O) groups is 2. The molecule has 1 aromatic carbocycles. The Hall–Kier alpha value is -2.15. The van der Waals surface area contributed by atoms with Crippen LogP contribution >= 0.6 is 11.8 Å². The third-order valence-corrected chi connectivity index (χ3v) is 2.73. The summed E-state index contributed by atoms with van der Waals surface area (Å²) in [6.45, 7) is 0. The number of amides is 1. The van der Waals surface area contributed by atoms with E-state index in [0.29, 0.717) is 17.3 Å². The quantitative estimate of drug-likeness (QED) is 0.492. The highest BCUT2D eigenvalue weighted by Gasteiger charge is 2.25. The average Bonchev–Trinajstić information content (AvgIpc) is 2.58. The minimum Gasteiger partial charge on any atom is -0.313 e. The summed E-state index contributed by atoms with van der Waals surface area (Å²) >= 11 is 0.567. The number of nitrogens with one attached hydrogen (secondary N) is 1. The molecule has 1 heterocycles. The van der Waals surface area contributed by atoms with Gasteiger partial charge in [0.25, 0.3) is 10.9 Å². The summed E-state index contributed by atoms with van der Waals surface area (Å²) in [7, 11) is 0. The van der Waals surface area contributed by atoms with Crippen molar-refractivity contribution in [1.29, 1.82) is 0 Å². The molecule has 1 aliphatic heterocycles. The van der Waals surface area contributed by atoms with Crippen LogP contribution in [0.25, 0.3) is 6.08 Å². The molecule has 0 atom stereocenters. The zero-order chi connectivity index (χ0) is 12.4. The van der Waals surface area contributed by atoms with Crippen molar-refractivity contribution in [3.63, 3.8) is 0 Å². The third kappa shape index (κ3) is 2.51. The maximum Gasteiger partial charge on any atom is 0.291 e. The number of thioether (sulfide) groups is 1. The Bertz CT molecular complexity index is 553. The number of nitrogens with zero attached hydrogens (tertiary/aromatic N) is 1. The monoisotopic (exact) mass is 250 g/mol. The van der Waals surface area contributed by atoms with Crippen LogP contribution in [0.4, 0.5) is 10.5 Å². The fraction of sp³-hybridized carbons (Fsp3) is 0. The van der Waals surface area contributed by atoms with Crippen molar-refractivity contribution in [1.82, 2.24) is 5.32 Å². The highest BCUT2D eigenvalue weighted by Crippen LogP contribution is 2.22. The molecule has 0 unspecified atom stereocenters. The Morgan fingerprint density at radius 3 is 2.71 bits per heavy atom. The summed E-state index contributed by atoms with van der Waals surface area (Å²) in [5, 5.41) is 12.1. The molecule has 0 bridgehead atoms. The van der Waals surface area contributed by atoms with Crippen LogP contribution in [0.15, 0.2) is 30.0 Å². The lowest BCUT2D eigenvalue weighted by molar-refractivity contribution is -0.384. The molecule has 1 fully saturated rings. The largest absolute Gasteiger partial charge is 0.313 e. The van der Waals surface area contributed by atoms with Gasteiger partial charge in [-0.1, -0.05) is 12.1 Å². The Morgan fingerprint density at radius 1 is 1.35 bits per heavy atom. The molecule has 0 aromatic heterocycles. The lowest BCUT2D eigenvalue weighted by atomic mass is 10.2. The van der Waals surface area contributed by atoms with Crippen LogP contribution in [0.5, 0.6) is 0 Å². The van der Waals surface area contributed by atoms with E-state index in [4.69, 9.17) is 0 Å².